The number of likely N-dealkylation sites (N-methyl/N-ethyl adjacent to an activating group) is 1. The molecule has 1 saturated heterocycles. The average molecular weight is 362 g/mol. The van der Waals surface area contributed by atoms with Gasteiger partial charge in [-0.1, -0.05) is 23.7 Å². The lowest BCUT2D eigenvalue weighted by Gasteiger charge is -2.20. The topological polar surface area (TPSA) is 64.3 Å². The first kappa shape index (κ1) is 17.9. The van der Waals surface area contributed by atoms with Crippen molar-refractivity contribution in [2.45, 2.75) is 19.0 Å². The Hall–Kier alpha value is -1.89. The van der Waals surface area contributed by atoms with Crippen LogP contribution in [0.5, 0.6) is 0 Å². The summed E-state index contributed by atoms with van der Waals surface area (Å²) >= 11 is 5.94. The van der Waals surface area contributed by atoms with Gasteiger partial charge in [0.05, 0.1) is 18.4 Å². The van der Waals surface area contributed by atoms with Crippen LogP contribution in [0.2, 0.25) is 5.02 Å². The summed E-state index contributed by atoms with van der Waals surface area (Å²) in [6.07, 6.45) is 2.87. The van der Waals surface area contributed by atoms with E-state index in [0.717, 1.165) is 36.3 Å². The van der Waals surface area contributed by atoms with E-state index >= 15 is 0 Å². The first-order valence-corrected chi connectivity index (χ1v) is 8.84. The van der Waals surface area contributed by atoms with Crippen LogP contribution in [-0.4, -0.2) is 65.7 Å². The largest absolute Gasteiger partial charge is 0.351 e. The van der Waals surface area contributed by atoms with Gasteiger partial charge in [0.15, 0.2) is 0 Å². The molecule has 0 radical (unpaired) electrons. The molecular formula is C18H24ClN5O. The number of amides is 1. The van der Waals surface area contributed by atoms with E-state index in [2.05, 4.69) is 39.4 Å². The molecule has 1 fully saturated rings. The number of hydrogen-bond acceptors (Lipinski definition) is 4. The molecule has 2 aromatic rings. The highest BCUT2D eigenvalue weighted by atomic mass is 35.5. The number of aromatic nitrogens is 2. The second-order valence-electron chi connectivity index (χ2n) is 6.70. The zero-order chi connectivity index (χ0) is 17.8. The molecule has 6 nitrogen and oxygen atoms in total. The summed E-state index contributed by atoms with van der Waals surface area (Å²) in [6, 6.07) is 8.10. The molecule has 0 spiro atoms. The van der Waals surface area contributed by atoms with Gasteiger partial charge < -0.3 is 10.2 Å². The number of halogens is 1. The molecule has 3 rings (SSSR count). The third-order valence-electron chi connectivity index (χ3n) is 4.67. The van der Waals surface area contributed by atoms with E-state index in [4.69, 9.17) is 11.6 Å². The zero-order valence-electron chi connectivity index (χ0n) is 14.6. The fraction of sp³-hybridized carbons (Fsp3) is 0.444. The third kappa shape index (κ3) is 4.60. The molecule has 7 heteroatoms. The van der Waals surface area contributed by atoms with Crippen LogP contribution in [0.25, 0.3) is 11.3 Å². The van der Waals surface area contributed by atoms with Crippen LogP contribution in [0.15, 0.2) is 30.5 Å². The smallest absolute Gasteiger partial charge is 0.234 e. The van der Waals surface area contributed by atoms with E-state index in [-0.39, 0.29) is 5.91 Å². The molecule has 25 heavy (non-hydrogen) atoms. The Morgan fingerprint density at radius 2 is 2.16 bits per heavy atom. The minimum atomic E-state index is 0.0441. The lowest BCUT2D eigenvalue weighted by atomic mass is 10.1. The van der Waals surface area contributed by atoms with Crippen LogP contribution < -0.4 is 5.32 Å². The number of nitrogens with zero attached hydrogens (tertiary/aromatic N) is 3. The van der Waals surface area contributed by atoms with Gasteiger partial charge in [-0.2, -0.15) is 5.10 Å². The maximum Gasteiger partial charge on any atom is 0.234 e. The summed E-state index contributed by atoms with van der Waals surface area (Å²) in [7, 11) is 4.18. The van der Waals surface area contributed by atoms with Crippen molar-refractivity contribution >= 4 is 17.5 Å². The van der Waals surface area contributed by atoms with E-state index < -0.39 is 0 Å². The molecule has 1 aliphatic heterocycles. The number of likely N-dealkylation sites (tertiary alicyclic amines) is 1. The summed E-state index contributed by atoms with van der Waals surface area (Å²) in [6.45, 7) is 2.82. The molecule has 1 aliphatic rings. The molecule has 134 valence electrons. The molecule has 1 aromatic heterocycles. The summed E-state index contributed by atoms with van der Waals surface area (Å²) in [5.74, 6) is 0.0441. The molecule has 1 atom stereocenters. The number of aromatic amines is 1. The zero-order valence-corrected chi connectivity index (χ0v) is 15.4. The maximum atomic E-state index is 12.2. The van der Waals surface area contributed by atoms with Crippen molar-refractivity contribution in [1.82, 2.24) is 25.3 Å². The molecule has 1 amide bonds. The Kier molecular flexibility index (Phi) is 5.73. The van der Waals surface area contributed by atoms with Crippen LogP contribution in [0.3, 0.4) is 0 Å². The van der Waals surface area contributed by atoms with Gasteiger partial charge in [-0.3, -0.25) is 14.8 Å². The Morgan fingerprint density at radius 3 is 2.84 bits per heavy atom. The molecule has 1 aromatic carbocycles. The van der Waals surface area contributed by atoms with Crippen LogP contribution >= 0.6 is 11.6 Å². The second-order valence-corrected chi connectivity index (χ2v) is 7.13. The lowest BCUT2D eigenvalue weighted by Crippen LogP contribution is -2.38. The van der Waals surface area contributed by atoms with E-state index in [1.165, 1.54) is 0 Å². The first-order valence-electron chi connectivity index (χ1n) is 8.46. The molecule has 2 N–H and O–H groups in total. The summed E-state index contributed by atoms with van der Waals surface area (Å²) in [5, 5.41) is 10.8. The minimum Gasteiger partial charge on any atom is -0.351 e. The van der Waals surface area contributed by atoms with Gasteiger partial charge in [-0.25, -0.2) is 0 Å². The number of nitrogens with one attached hydrogen (secondary N) is 2. The number of H-pyrrole nitrogens is 1. The van der Waals surface area contributed by atoms with Crippen molar-refractivity contribution in [3.63, 3.8) is 0 Å². The summed E-state index contributed by atoms with van der Waals surface area (Å²) in [5.41, 5.74) is 2.87. The summed E-state index contributed by atoms with van der Waals surface area (Å²) < 4.78 is 0. The predicted octanol–water partition coefficient (Wildman–Crippen LogP) is 1.98. The number of rotatable bonds is 6. The van der Waals surface area contributed by atoms with Crippen molar-refractivity contribution in [3.05, 3.63) is 41.0 Å². The van der Waals surface area contributed by atoms with Crippen molar-refractivity contribution < 1.29 is 4.79 Å². The standard InChI is InChI=1S/C18H24ClN5O/c1-23(2)16-7-8-24(11-16)12-17(25)20-9-14-10-21-22-18(14)13-3-5-15(19)6-4-13/h3-6,10,16H,7-9,11-12H2,1-2H3,(H,20,25)(H,21,22)/t16-/m0/s1. The van der Waals surface area contributed by atoms with Crippen molar-refractivity contribution in [3.8, 4) is 11.3 Å². The quantitative estimate of drug-likeness (QED) is 0.825. The van der Waals surface area contributed by atoms with E-state index in [1.807, 2.05) is 24.3 Å². The number of carbonyl (C=O) groups excluding carboxylic acids is 1. The average Bonchev–Trinajstić information content (AvgIpc) is 3.23. The fourth-order valence-corrected chi connectivity index (χ4v) is 3.27. The lowest BCUT2D eigenvalue weighted by molar-refractivity contribution is -0.122. The third-order valence-corrected chi connectivity index (χ3v) is 4.92. The molecule has 0 unspecified atom stereocenters. The van der Waals surface area contributed by atoms with Crippen LogP contribution in [0.4, 0.5) is 0 Å². The summed E-state index contributed by atoms with van der Waals surface area (Å²) in [4.78, 5) is 16.7. The monoisotopic (exact) mass is 361 g/mol. The van der Waals surface area contributed by atoms with Gasteiger partial charge in [0, 0.05) is 36.3 Å². The fourth-order valence-electron chi connectivity index (χ4n) is 3.14. The molecular weight excluding hydrogens is 338 g/mol. The van der Waals surface area contributed by atoms with Crippen LogP contribution in [0, 0.1) is 0 Å². The normalized spacial score (nSPS) is 18.0. The first-order chi connectivity index (χ1) is 12.0. The maximum absolute atomic E-state index is 12.2. The van der Waals surface area contributed by atoms with Crippen molar-refractivity contribution in [2.75, 3.05) is 33.7 Å². The van der Waals surface area contributed by atoms with E-state index in [0.29, 0.717) is 24.2 Å². The highest BCUT2D eigenvalue weighted by Gasteiger charge is 2.25. The Morgan fingerprint density at radius 1 is 1.40 bits per heavy atom. The van der Waals surface area contributed by atoms with Crippen LogP contribution in [-0.2, 0) is 11.3 Å². The number of carbonyl (C=O) groups is 1. The highest BCUT2D eigenvalue weighted by molar-refractivity contribution is 6.30. The van der Waals surface area contributed by atoms with Gasteiger partial charge in [-0.15, -0.1) is 0 Å². The van der Waals surface area contributed by atoms with Gasteiger partial charge in [0.2, 0.25) is 5.91 Å². The molecule has 0 bridgehead atoms. The van der Waals surface area contributed by atoms with E-state index in [1.54, 1.807) is 6.20 Å². The Balaban J connectivity index is 1.53. The van der Waals surface area contributed by atoms with Gasteiger partial charge >= 0.3 is 0 Å². The van der Waals surface area contributed by atoms with Gasteiger partial charge in [0.25, 0.3) is 0 Å². The van der Waals surface area contributed by atoms with Gasteiger partial charge in [0.1, 0.15) is 0 Å². The van der Waals surface area contributed by atoms with E-state index in [9.17, 15) is 4.79 Å². The number of benzene rings is 1. The predicted molar refractivity (Wildman–Crippen MR) is 99.4 cm³/mol. The van der Waals surface area contributed by atoms with Gasteiger partial charge in [-0.05, 0) is 38.2 Å². The minimum absolute atomic E-state index is 0.0441. The van der Waals surface area contributed by atoms with Crippen LogP contribution in [0.1, 0.15) is 12.0 Å². The SMILES string of the molecule is CN(C)[C@H]1CCN(CC(=O)NCc2cn[nH]c2-c2ccc(Cl)cc2)C1. The number of hydrogen-bond donors (Lipinski definition) is 2. The second kappa shape index (κ2) is 7.99. The highest BCUT2D eigenvalue weighted by Crippen LogP contribution is 2.22. The Bertz CT molecular complexity index is 713. The molecule has 2 heterocycles. The molecule has 0 saturated carbocycles. The Labute approximate surface area is 153 Å². The van der Waals surface area contributed by atoms with Crippen molar-refractivity contribution in [2.24, 2.45) is 0 Å². The van der Waals surface area contributed by atoms with Crippen molar-refractivity contribution in [1.29, 1.82) is 0 Å². The molecule has 0 aliphatic carbocycles.